The van der Waals surface area contributed by atoms with E-state index < -0.39 is 0 Å². The number of methoxy groups -OCH3 is 1. The maximum Gasteiger partial charge on any atom is 0.246 e. The fourth-order valence-electron chi connectivity index (χ4n) is 3.65. The molecule has 1 aromatic rings. The van der Waals surface area contributed by atoms with Crippen LogP contribution in [0.3, 0.4) is 0 Å². The van der Waals surface area contributed by atoms with Crippen LogP contribution in [0, 0.1) is 0 Å². The van der Waals surface area contributed by atoms with Gasteiger partial charge in [-0.15, -0.1) is 0 Å². The Morgan fingerprint density at radius 2 is 2.14 bits per heavy atom. The molecule has 2 fully saturated rings. The molecule has 0 unspecified atom stereocenters. The number of aromatic nitrogens is 2. The number of hydrogen-bond acceptors (Lipinski definition) is 4. The summed E-state index contributed by atoms with van der Waals surface area (Å²) in [5.74, 6) is 0.620. The predicted molar refractivity (Wildman–Crippen MR) is 83.5 cm³/mol. The molecule has 2 aliphatic rings. The first-order chi connectivity index (χ1) is 10.7. The molecule has 0 bridgehead atoms. The van der Waals surface area contributed by atoms with Gasteiger partial charge in [-0.1, -0.05) is 12.8 Å². The van der Waals surface area contributed by atoms with Crippen molar-refractivity contribution in [3.05, 3.63) is 17.5 Å². The highest BCUT2D eigenvalue weighted by molar-refractivity contribution is 5.77. The Kier molecular flexibility index (Phi) is 4.78. The van der Waals surface area contributed by atoms with Gasteiger partial charge in [0.05, 0.1) is 11.7 Å². The average Bonchev–Trinajstić information content (AvgIpc) is 3.05. The van der Waals surface area contributed by atoms with Crippen LogP contribution in [0.5, 0.6) is 0 Å². The lowest BCUT2D eigenvalue weighted by molar-refractivity contribution is -0.126. The molecule has 1 saturated heterocycles. The molecule has 122 valence electrons. The molecule has 0 radical (unpaired) electrons. The van der Waals surface area contributed by atoms with Gasteiger partial charge in [0.25, 0.3) is 0 Å². The summed E-state index contributed by atoms with van der Waals surface area (Å²) in [4.78, 5) is 13.8. The van der Waals surface area contributed by atoms with Crippen LogP contribution in [0.4, 0.5) is 0 Å². The van der Waals surface area contributed by atoms with Crippen LogP contribution in [-0.4, -0.2) is 53.4 Å². The standard InChI is InChI=1S/C16H26N4O2/c1-19-7-13(16(18-19)12-5-3-4-6-12)8-20-9-14(10-20)17-15(21)11-22-2/h7,12,14H,3-6,8-11H2,1-2H3,(H,17,21). The zero-order valence-electron chi connectivity index (χ0n) is 13.5. The van der Waals surface area contributed by atoms with Crippen molar-refractivity contribution in [1.82, 2.24) is 20.0 Å². The maximum atomic E-state index is 11.5. The number of rotatable bonds is 6. The molecule has 1 saturated carbocycles. The van der Waals surface area contributed by atoms with E-state index in [9.17, 15) is 4.79 Å². The van der Waals surface area contributed by atoms with E-state index in [2.05, 4.69) is 16.4 Å². The SMILES string of the molecule is COCC(=O)NC1CN(Cc2cn(C)nc2C2CCCC2)C1. The average molecular weight is 306 g/mol. The number of hydrogen-bond donors (Lipinski definition) is 1. The second-order valence-corrected chi connectivity index (χ2v) is 6.59. The van der Waals surface area contributed by atoms with Gasteiger partial charge >= 0.3 is 0 Å². The topological polar surface area (TPSA) is 59.4 Å². The number of carbonyl (C=O) groups excluding carboxylic acids is 1. The molecular weight excluding hydrogens is 280 g/mol. The molecule has 6 nitrogen and oxygen atoms in total. The highest BCUT2D eigenvalue weighted by Crippen LogP contribution is 2.35. The number of ether oxygens (including phenoxy) is 1. The second-order valence-electron chi connectivity index (χ2n) is 6.59. The van der Waals surface area contributed by atoms with Crippen LogP contribution in [-0.2, 0) is 23.1 Å². The van der Waals surface area contributed by atoms with E-state index in [4.69, 9.17) is 9.84 Å². The van der Waals surface area contributed by atoms with Crippen molar-refractivity contribution in [2.24, 2.45) is 7.05 Å². The fourth-order valence-corrected chi connectivity index (χ4v) is 3.65. The van der Waals surface area contributed by atoms with Gasteiger partial charge < -0.3 is 10.1 Å². The molecule has 1 N–H and O–H groups in total. The summed E-state index contributed by atoms with van der Waals surface area (Å²) in [6.07, 6.45) is 7.37. The molecule has 1 amide bonds. The van der Waals surface area contributed by atoms with E-state index >= 15 is 0 Å². The summed E-state index contributed by atoms with van der Waals surface area (Å²) in [5, 5.41) is 7.68. The van der Waals surface area contributed by atoms with E-state index in [0.717, 1.165) is 19.6 Å². The molecule has 1 aliphatic heterocycles. The Morgan fingerprint density at radius 3 is 2.82 bits per heavy atom. The van der Waals surface area contributed by atoms with Crippen molar-refractivity contribution < 1.29 is 9.53 Å². The lowest BCUT2D eigenvalue weighted by atomic mass is 9.99. The van der Waals surface area contributed by atoms with E-state index in [0.29, 0.717) is 5.92 Å². The first kappa shape index (κ1) is 15.5. The summed E-state index contributed by atoms with van der Waals surface area (Å²) in [6, 6.07) is 0.259. The zero-order chi connectivity index (χ0) is 15.5. The monoisotopic (exact) mass is 306 g/mol. The molecular formula is C16H26N4O2. The molecule has 0 aromatic carbocycles. The third kappa shape index (κ3) is 3.50. The third-order valence-corrected chi connectivity index (χ3v) is 4.67. The number of likely N-dealkylation sites (tertiary alicyclic amines) is 1. The molecule has 6 heteroatoms. The highest BCUT2D eigenvalue weighted by atomic mass is 16.5. The fraction of sp³-hybridized carbons (Fsp3) is 0.750. The number of nitrogens with one attached hydrogen (secondary N) is 1. The first-order valence-corrected chi connectivity index (χ1v) is 8.18. The van der Waals surface area contributed by atoms with Crippen LogP contribution >= 0.6 is 0 Å². The van der Waals surface area contributed by atoms with E-state index in [-0.39, 0.29) is 18.6 Å². The lowest BCUT2D eigenvalue weighted by Gasteiger charge is -2.39. The maximum absolute atomic E-state index is 11.5. The summed E-state index contributed by atoms with van der Waals surface area (Å²) in [5.41, 5.74) is 2.66. The van der Waals surface area contributed by atoms with Gasteiger partial charge in [-0.25, -0.2) is 0 Å². The van der Waals surface area contributed by atoms with Crippen LogP contribution in [0.15, 0.2) is 6.20 Å². The normalized spacial score (nSPS) is 20.3. The number of amides is 1. The van der Waals surface area contributed by atoms with E-state index in [1.807, 2.05) is 11.7 Å². The van der Waals surface area contributed by atoms with Gasteiger partial charge in [0.15, 0.2) is 0 Å². The summed E-state index contributed by atoms with van der Waals surface area (Å²) in [6.45, 7) is 2.91. The second kappa shape index (κ2) is 6.79. The Morgan fingerprint density at radius 1 is 1.41 bits per heavy atom. The Bertz CT molecular complexity index is 516. The summed E-state index contributed by atoms with van der Waals surface area (Å²) >= 11 is 0. The molecule has 1 aliphatic carbocycles. The zero-order valence-corrected chi connectivity index (χ0v) is 13.5. The van der Waals surface area contributed by atoms with Crippen LogP contribution in [0.25, 0.3) is 0 Å². The highest BCUT2D eigenvalue weighted by Gasteiger charge is 2.30. The van der Waals surface area contributed by atoms with Crippen molar-refractivity contribution in [3.63, 3.8) is 0 Å². The lowest BCUT2D eigenvalue weighted by Crippen LogP contribution is -2.59. The third-order valence-electron chi connectivity index (χ3n) is 4.67. The summed E-state index contributed by atoms with van der Waals surface area (Å²) in [7, 11) is 3.55. The van der Waals surface area contributed by atoms with Crippen molar-refractivity contribution in [3.8, 4) is 0 Å². The molecule has 0 atom stereocenters. The van der Waals surface area contributed by atoms with Gasteiger partial charge in [-0.05, 0) is 12.8 Å². The first-order valence-electron chi connectivity index (χ1n) is 8.18. The Balaban J connectivity index is 1.51. The largest absolute Gasteiger partial charge is 0.375 e. The van der Waals surface area contributed by atoms with Gasteiger partial charge in [0.2, 0.25) is 5.91 Å². The van der Waals surface area contributed by atoms with Crippen LogP contribution in [0.1, 0.15) is 42.9 Å². The minimum absolute atomic E-state index is 0.0276. The Hall–Kier alpha value is -1.40. The number of aryl methyl sites for hydroxylation is 1. The predicted octanol–water partition coefficient (Wildman–Crippen LogP) is 1.02. The van der Waals surface area contributed by atoms with Crippen molar-refractivity contribution in [1.29, 1.82) is 0 Å². The number of carbonyl (C=O) groups is 1. The molecule has 3 rings (SSSR count). The van der Waals surface area contributed by atoms with Gasteiger partial charge in [0.1, 0.15) is 6.61 Å². The summed E-state index contributed by atoms with van der Waals surface area (Å²) < 4.78 is 6.78. The molecule has 2 heterocycles. The molecule has 22 heavy (non-hydrogen) atoms. The minimum Gasteiger partial charge on any atom is -0.375 e. The van der Waals surface area contributed by atoms with Crippen molar-refractivity contribution >= 4 is 5.91 Å². The van der Waals surface area contributed by atoms with Gasteiger partial charge in [-0.2, -0.15) is 5.10 Å². The van der Waals surface area contributed by atoms with E-state index in [1.54, 1.807) is 7.11 Å². The van der Waals surface area contributed by atoms with E-state index in [1.165, 1.54) is 36.9 Å². The Labute approximate surface area is 131 Å². The molecule has 1 aromatic heterocycles. The van der Waals surface area contributed by atoms with Crippen molar-refractivity contribution in [2.45, 2.75) is 44.2 Å². The van der Waals surface area contributed by atoms with Gasteiger partial charge in [0, 0.05) is 51.5 Å². The quantitative estimate of drug-likeness (QED) is 0.852. The smallest absolute Gasteiger partial charge is 0.246 e. The van der Waals surface area contributed by atoms with Crippen LogP contribution in [0.2, 0.25) is 0 Å². The van der Waals surface area contributed by atoms with Crippen molar-refractivity contribution in [2.75, 3.05) is 26.8 Å². The molecule has 0 spiro atoms. The van der Waals surface area contributed by atoms with Gasteiger partial charge in [-0.3, -0.25) is 14.4 Å². The number of nitrogens with zero attached hydrogens (tertiary/aromatic N) is 3. The minimum atomic E-state index is -0.0276. The van der Waals surface area contributed by atoms with Crippen LogP contribution < -0.4 is 5.32 Å².